The average molecular weight is 396 g/mol. The second kappa shape index (κ2) is 7.27. The van der Waals surface area contributed by atoms with Crippen LogP contribution in [0.3, 0.4) is 0 Å². The fourth-order valence-corrected chi connectivity index (χ4v) is 2.26. The molecule has 1 rings (SSSR count). The number of hydrogen-bond donors (Lipinski definition) is 1. The van der Waals surface area contributed by atoms with Crippen LogP contribution in [0.15, 0.2) is 22.7 Å². The van der Waals surface area contributed by atoms with Crippen LogP contribution in [-0.4, -0.2) is 12.5 Å². The van der Waals surface area contributed by atoms with Crippen LogP contribution in [0.1, 0.15) is 36.5 Å². The summed E-state index contributed by atoms with van der Waals surface area (Å²) in [6, 6.07) is 5.76. The summed E-state index contributed by atoms with van der Waals surface area (Å²) in [5, 5.41) is 2.93. The fourth-order valence-electron chi connectivity index (χ4n) is 1.34. The molecule has 88 valence electrons. The van der Waals surface area contributed by atoms with Gasteiger partial charge in [-0.1, -0.05) is 19.8 Å². The van der Waals surface area contributed by atoms with E-state index in [2.05, 4.69) is 50.8 Å². The third-order valence-electron chi connectivity index (χ3n) is 2.24. The van der Waals surface area contributed by atoms with E-state index in [0.717, 1.165) is 27.4 Å². The second-order valence-corrected chi connectivity index (χ2v) is 5.69. The molecule has 1 amide bonds. The zero-order valence-electron chi connectivity index (χ0n) is 9.22. The summed E-state index contributed by atoms with van der Waals surface area (Å²) in [7, 11) is 0. The first-order valence-corrected chi connectivity index (χ1v) is 7.25. The molecule has 0 radical (unpaired) electrons. The summed E-state index contributed by atoms with van der Waals surface area (Å²) in [4.78, 5) is 11.8. The molecule has 1 aromatic rings. The zero-order chi connectivity index (χ0) is 12.0. The van der Waals surface area contributed by atoms with E-state index < -0.39 is 0 Å². The highest BCUT2D eigenvalue weighted by molar-refractivity contribution is 14.1. The first-order chi connectivity index (χ1) is 7.65. The van der Waals surface area contributed by atoms with Crippen LogP contribution in [0.25, 0.3) is 0 Å². The number of hydrogen-bond acceptors (Lipinski definition) is 1. The van der Waals surface area contributed by atoms with E-state index in [4.69, 9.17) is 0 Å². The Labute approximate surface area is 118 Å². The molecule has 0 aromatic heterocycles. The summed E-state index contributed by atoms with van der Waals surface area (Å²) in [5.74, 6) is 0.00138. The van der Waals surface area contributed by atoms with Crippen LogP contribution in [-0.2, 0) is 0 Å². The predicted octanol–water partition coefficient (Wildman–Crippen LogP) is 3.97. The maximum absolute atomic E-state index is 11.8. The standard InChI is InChI=1S/C12H15BrINO/c1-2-3-4-7-15-12(16)10-8-9(14)5-6-11(10)13/h5-6,8H,2-4,7H2,1H3,(H,15,16). The van der Waals surface area contributed by atoms with Gasteiger partial charge in [0.25, 0.3) is 5.91 Å². The minimum atomic E-state index is 0.00138. The first-order valence-electron chi connectivity index (χ1n) is 5.38. The Morgan fingerprint density at radius 2 is 2.19 bits per heavy atom. The highest BCUT2D eigenvalue weighted by atomic mass is 127. The number of amides is 1. The molecule has 0 saturated carbocycles. The molecule has 1 aromatic carbocycles. The molecule has 0 aliphatic carbocycles. The minimum Gasteiger partial charge on any atom is -0.352 e. The van der Waals surface area contributed by atoms with Gasteiger partial charge in [-0.3, -0.25) is 4.79 Å². The molecule has 0 aliphatic rings. The van der Waals surface area contributed by atoms with Crippen LogP contribution in [0.2, 0.25) is 0 Å². The molecular weight excluding hydrogens is 381 g/mol. The van der Waals surface area contributed by atoms with Gasteiger partial charge in [-0.15, -0.1) is 0 Å². The Hall–Kier alpha value is -0.100. The van der Waals surface area contributed by atoms with Crippen LogP contribution in [0, 0.1) is 3.57 Å². The number of benzene rings is 1. The van der Waals surface area contributed by atoms with Gasteiger partial charge in [-0.25, -0.2) is 0 Å². The van der Waals surface area contributed by atoms with E-state index in [0.29, 0.717) is 5.56 Å². The van der Waals surface area contributed by atoms with Crippen LogP contribution in [0.4, 0.5) is 0 Å². The van der Waals surface area contributed by atoms with E-state index in [1.54, 1.807) is 0 Å². The third-order valence-corrected chi connectivity index (χ3v) is 3.60. The molecule has 0 spiro atoms. The molecule has 1 N–H and O–H groups in total. The Balaban J connectivity index is 2.55. The van der Waals surface area contributed by atoms with Crippen molar-refractivity contribution in [1.82, 2.24) is 5.32 Å². The van der Waals surface area contributed by atoms with Crippen molar-refractivity contribution in [3.8, 4) is 0 Å². The molecule has 0 heterocycles. The minimum absolute atomic E-state index is 0.00138. The van der Waals surface area contributed by atoms with Gasteiger partial charge in [-0.2, -0.15) is 0 Å². The van der Waals surface area contributed by atoms with Gasteiger partial charge in [0.15, 0.2) is 0 Å². The number of nitrogens with one attached hydrogen (secondary N) is 1. The van der Waals surface area contributed by atoms with Crippen LogP contribution in [0.5, 0.6) is 0 Å². The van der Waals surface area contributed by atoms with Crippen molar-refractivity contribution in [3.63, 3.8) is 0 Å². The molecular formula is C12H15BrINO. The molecule has 2 nitrogen and oxygen atoms in total. The molecule has 0 bridgehead atoms. The number of unbranched alkanes of at least 4 members (excludes halogenated alkanes) is 2. The Morgan fingerprint density at radius 3 is 2.88 bits per heavy atom. The van der Waals surface area contributed by atoms with Gasteiger partial charge in [0.2, 0.25) is 0 Å². The lowest BCUT2D eigenvalue weighted by Crippen LogP contribution is -2.24. The summed E-state index contributed by atoms with van der Waals surface area (Å²) in [5.41, 5.74) is 0.711. The lowest BCUT2D eigenvalue weighted by atomic mass is 10.2. The molecule has 0 fully saturated rings. The quantitative estimate of drug-likeness (QED) is 0.593. The van der Waals surface area contributed by atoms with Gasteiger partial charge in [-0.05, 0) is 63.1 Å². The fraction of sp³-hybridized carbons (Fsp3) is 0.417. The van der Waals surface area contributed by atoms with E-state index in [1.807, 2.05) is 18.2 Å². The topological polar surface area (TPSA) is 29.1 Å². The smallest absolute Gasteiger partial charge is 0.252 e. The molecule has 0 atom stereocenters. The second-order valence-electron chi connectivity index (χ2n) is 3.59. The lowest BCUT2D eigenvalue weighted by Gasteiger charge is -2.06. The van der Waals surface area contributed by atoms with Crippen molar-refractivity contribution in [2.75, 3.05) is 6.54 Å². The van der Waals surface area contributed by atoms with Crippen molar-refractivity contribution in [1.29, 1.82) is 0 Å². The Morgan fingerprint density at radius 1 is 1.44 bits per heavy atom. The number of carbonyl (C=O) groups excluding carboxylic acids is 1. The molecule has 16 heavy (non-hydrogen) atoms. The van der Waals surface area contributed by atoms with E-state index >= 15 is 0 Å². The van der Waals surface area contributed by atoms with Crippen LogP contribution < -0.4 is 5.32 Å². The van der Waals surface area contributed by atoms with E-state index in [1.165, 1.54) is 6.42 Å². The number of halogens is 2. The van der Waals surface area contributed by atoms with Crippen molar-refractivity contribution in [2.45, 2.75) is 26.2 Å². The maximum atomic E-state index is 11.8. The molecule has 0 saturated heterocycles. The number of carbonyl (C=O) groups is 1. The number of rotatable bonds is 5. The van der Waals surface area contributed by atoms with E-state index in [-0.39, 0.29) is 5.91 Å². The summed E-state index contributed by atoms with van der Waals surface area (Å²) in [6.07, 6.45) is 3.38. The Bertz CT molecular complexity index is 368. The Kier molecular flexibility index (Phi) is 6.34. The predicted molar refractivity (Wildman–Crippen MR) is 78.7 cm³/mol. The van der Waals surface area contributed by atoms with Crippen molar-refractivity contribution in [3.05, 3.63) is 31.8 Å². The molecule has 4 heteroatoms. The third kappa shape index (κ3) is 4.41. The van der Waals surface area contributed by atoms with E-state index in [9.17, 15) is 4.79 Å². The van der Waals surface area contributed by atoms with Crippen molar-refractivity contribution >= 4 is 44.4 Å². The maximum Gasteiger partial charge on any atom is 0.252 e. The van der Waals surface area contributed by atoms with Gasteiger partial charge < -0.3 is 5.32 Å². The normalized spacial score (nSPS) is 10.2. The van der Waals surface area contributed by atoms with Gasteiger partial charge in [0.05, 0.1) is 5.56 Å². The zero-order valence-corrected chi connectivity index (χ0v) is 13.0. The van der Waals surface area contributed by atoms with Gasteiger partial charge >= 0.3 is 0 Å². The summed E-state index contributed by atoms with van der Waals surface area (Å²) in [6.45, 7) is 2.91. The summed E-state index contributed by atoms with van der Waals surface area (Å²) >= 11 is 5.60. The van der Waals surface area contributed by atoms with Gasteiger partial charge in [0.1, 0.15) is 0 Å². The average Bonchev–Trinajstić information content (AvgIpc) is 2.27. The lowest BCUT2D eigenvalue weighted by molar-refractivity contribution is 0.0952. The SMILES string of the molecule is CCCCCNC(=O)c1cc(I)ccc1Br. The van der Waals surface area contributed by atoms with Crippen molar-refractivity contribution < 1.29 is 4.79 Å². The summed E-state index contributed by atoms with van der Waals surface area (Å²) < 4.78 is 1.92. The molecule has 0 aliphatic heterocycles. The largest absolute Gasteiger partial charge is 0.352 e. The van der Waals surface area contributed by atoms with Gasteiger partial charge in [0, 0.05) is 14.6 Å². The van der Waals surface area contributed by atoms with Crippen LogP contribution >= 0.6 is 38.5 Å². The molecule has 0 unspecified atom stereocenters. The monoisotopic (exact) mass is 395 g/mol. The van der Waals surface area contributed by atoms with Crippen molar-refractivity contribution in [2.24, 2.45) is 0 Å². The first kappa shape index (κ1) is 14.0. The highest BCUT2D eigenvalue weighted by Crippen LogP contribution is 2.19. The highest BCUT2D eigenvalue weighted by Gasteiger charge is 2.09.